The molecule has 1 fully saturated rings. The van der Waals surface area contributed by atoms with Gasteiger partial charge in [0.1, 0.15) is 0 Å². The molecular weight excluding hydrogens is 346 g/mol. The third-order valence-electron chi connectivity index (χ3n) is 4.70. The number of aryl methyl sites for hydroxylation is 1. The van der Waals surface area contributed by atoms with Crippen molar-refractivity contribution in [2.75, 3.05) is 18.4 Å². The zero-order valence-electron chi connectivity index (χ0n) is 14.9. The van der Waals surface area contributed by atoms with E-state index in [1.165, 1.54) is 0 Å². The normalized spacial score (nSPS) is 15.4. The molecule has 0 unspecified atom stereocenters. The summed E-state index contributed by atoms with van der Waals surface area (Å²) in [7, 11) is -3.44. The maximum absolute atomic E-state index is 12.9. The minimum Gasteiger partial charge on any atom is -0.381 e. The summed E-state index contributed by atoms with van der Waals surface area (Å²) in [5, 5.41) is 12.3. The fourth-order valence-corrected chi connectivity index (χ4v) is 4.70. The Morgan fingerprint density at radius 2 is 1.88 bits per heavy atom. The van der Waals surface area contributed by atoms with Gasteiger partial charge in [0.25, 0.3) is 0 Å². The van der Waals surface area contributed by atoms with Gasteiger partial charge in [0.2, 0.25) is 10.0 Å². The summed E-state index contributed by atoms with van der Waals surface area (Å²) in [5.74, 6) is 0. The number of anilines is 1. The molecule has 5 nitrogen and oxygen atoms in total. The molecule has 0 amide bonds. The fraction of sp³-hybridized carbons (Fsp3) is 0.350. The van der Waals surface area contributed by atoms with E-state index >= 15 is 0 Å². The summed E-state index contributed by atoms with van der Waals surface area (Å²) in [6.45, 7) is 3.68. The van der Waals surface area contributed by atoms with Crippen LogP contribution in [-0.2, 0) is 16.6 Å². The third-order valence-corrected chi connectivity index (χ3v) is 6.60. The Hall–Kier alpha value is -2.36. The van der Waals surface area contributed by atoms with Gasteiger partial charge in [-0.15, -0.1) is 0 Å². The molecule has 2 aromatic rings. The van der Waals surface area contributed by atoms with Crippen LogP contribution in [0, 0.1) is 18.3 Å². The van der Waals surface area contributed by atoms with E-state index in [-0.39, 0.29) is 0 Å². The van der Waals surface area contributed by atoms with Crippen molar-refractivity contribution >= 4 is 15.7 Å². The predicted octanol–water partition coefficient (Wildman–Crippen LogP) is 3.65. The first kappa shape index (κ1) is 18.4. The summed E-state index contributed by atoms with van der Waals surface area (Å²) in [6, 6.07) is 14.7. The third kappa shape index (κ3) is 4.06. The lowest BCUT2D eigenvalue weighted by molar-refractivity contribution is 0.346. The Morgan fingerprint density at radius 3 is 2.62 bits per heavy atom. The quantitative estimate of drug-likeness (QED) is 0.873. The van der Waals surface area contributed by atoms with Crippen molar-refractivity contribution in [3.63, 3.8) is 0 Å². The Morgan fingerprint density at radius 1 is 1.12 bits per heavy atom. The second kappa shape index (κ2) is 7.90. The van der Waals surface area contributed by atoms with Gasteiger partial charge in [-0.3, -0.25) is 0 Å². The first-order valence-corrected chi connectivity index (χ1v) is 10.3. The second-order valence-corrected chi connectivity index (χ2v) is 8.55. The van der Waals surface area contributed by atoms with Crippen LogP contribution >= 0.6 is 0 Å². The molecule has 136 valence electrons. The highest BCUT2D eigenvalue weighted by molar-refractivity contribution is 7.89. The minimum atomic E-state index is -3.44. The smallest absolute Gasteiger partial charge is 0.243 e. The largest absolute Gasteiger partial charge is 0.381 e. The van der Waals surface area contributed by atoms with Crippen molar-refractivity contribution in [1.29, 1.82) is 5.26 Å². The van der Waals surface area contributed by atoms with E-state index in [0.717, 1.165) is 36.1 Å². The van der Waals surface area contributed by atoms with E-state index in [1.807, 2.05) is 31.2 Å². The molecule has 1 aliphatic heterocycles. The molecule has 1 N–H and O–H groups in total. The Kier molecular flexibility index (Phi) is 5.60. The minimum absolute atomic E-state index is 0.332. The van der Waals surface area contributed by atoms with Crippen molar-refractivity contribution < 1.29 is 8.42 Å². The van der Waals surface area contributed by atoms with Crippen LogP contribution in [0.3, 0.4) is 0 Å². The molecule has 3 rings (SSSR count). The lowest BCUT2D eigenvalue weighted by Gasteiger charge is -2.26. The summed E-state index contributed by atoms with van der Waals surface area (Å²) in [6.07, 6.45) is 2.94. The molecule has 0 atom stereocenters. The topological polar surface area (TPSA) is 73.2 Å². The van der Waals surface area contributed by atoms with E-state index in [9.17, 15) is 8.42 Å². The van der Waals surface area contributed by atoms with E-state index in [0.29, 0.717) is 30.1 Å². The maximum Gasteiger partial charge on any atom is 0.243 e. The fourth-order valence-electron chi connectivity index (χ4n) is 3.15. The summed E-state index contributed by atoms with van der Waals surface area (Å²) >= 11 is 0. The number of piperidine rings is 1. The van der Waals surface area contributed by atoms with Gasteiger partial charge in [0.15, 0.2) is 0 Å². The number of benzene rings is 2. The van der Waals surface area contributed by atoms with Crippen molar-refractivity contribution in [1.82, 2.24) is 4.31 Å². The lowest BCUT2D eigenvalue weighted by Crippen LogP contribution is -2.35. The molecule has 0 spiro atoms. The highest BCUT2D eigenvalue weighted by Crippen LogP contribution is 2.25. The Balaban J connectivity index is 1.80. The number of hydrogen-bond acceptors (Lipinski definition) is 4. The highest BCUT2D eigenvalue weighted by Gasteiger charge is 2.26. The lowest BCUT2D eigenvalue weighted by atomic mass is 10.1. The van der Waals surface area contributed by atoms with Gasteiger partial charge in [-0.05, 0) is 55.2 Å². The van der Waals surface area contributed by atoms with E-state index < -0.39 is 10.0 Å². The number of nitrogens with one attached hydrogen (secondary N) is 1. The standard InChI is InChI=1S/C20H23N3O2S/c1-16-8-9-19(26(24,25)23-10-3-2-4-11-23)13-20(16)22-15-18-7-5-6-17(12-18)14-21/h5-9,12-13,22H,2-4,10-11,15H2,1H3. The van der Waals surface area contributed by atoms with Crippen LogP contribution in [0.5, 0.6) is 0 Å². The highest BCUT2D eigenvalue weighted by atomic mass is 32.2. The molecule has 1 aliphatic rings. The van der Waals surface area contributed by atoms with E-state index in [2.05, 4.69) is 11.4 Å². The van der Waals surface area contributed by atoms with Crippen LogP contribution in [0.15, 0.2) is 47.4 Å². The molecule has 26 heavy (non-hydrogen) atoms. The molecule has 0 bridgehead atoms. The molecule has 6 heteroatoms. The van der Waals surface area contributed by atoms with Gasteiger partial charge in [-0.25, -0.2) is 8.42 Å². The number of sulfonamides is 1. The summed E-state index contributed by atoms with van der Waals surface area (Å²) < 4.78 is 27.3. The monoisotopic (exact) mass is 369 g/mol. The Bertz CT molecular complexity index is 926. The van der Waals surface area contributed by atoms with Crippen LogP contribution in [0.2, 0.25) is 0 Å². The van der Waals surface area contributed by atoms with Crippen LogP contribution in [0.4, 0.5) is 5.69 Å². The van der Waals surface area contributed by atoms with Gasteiger partial charge in [0.05, 0.1) is 16.5 Å². The van der Waals surface area contributed by atoms with Gasteiger partial charge in [0, 0.05) is 25.3 Å². The number of nitriles is 1. The number of nitrogens with zero attached hydrogens (tertiary/aromatic N) is 2. The first-order valence-electron chi connectivity index (χ1n) is 8.84. The SMILES string of the molecule is Cc1ccc(S(=O)(=O)N2CCCCC2)cc1NCc1cccc(C#N)c1. The average Bonchev–Trinajstić information content (AvgIpc) is 2.68. The molecule has 1 saturated heterocycles. The maximum atomic E-state index is 12.9. The van der Waals surface area contributed by atoms with Crippen molar-refractivity contribution in [3.8, 4) is 6.07 Å². The Labute approximate surface area is 155 Å². The molecule has 2 aromatic carbocycles. The molecule has 0 aliphatic carbocycles. The van der Waals surface area contributed by atoms with Gasteiger partial charge in [-0.1, -0.05) is 24.6 Å². The first-order chi connectivity index (χ1) is 12.5. The molecule has 1 heterocycles. The van der Waals surface area contributed by atoms with E-state index in [1.54, 1.807) is 22.5 Å². The zero-order chi connectivity index (χ0) is 18.6. The molecule has 0 aromatic heterocycles. The average molecular weight is 369 g/mol. The summed E-state index contributed by atoms with van der Waals surface area (Å²) in [4.78, 5) is 0.332. The summed E-state index contributed by atoms with van der Waals surface area (Å²) in [5.41, 5.74) is 3.37. The van der Waals surface area contributed by atoms with Crippen LogP contribution < -0.4 is 5.32 Å². The molecular formula is C20H23N3O2S. The number of hydrogen-bond donors (Lipinski definition) is 1. The predicted molar refractivity (Wildman–Crippen MR) is 102 cm³/mol. The molecule has 0 saturated carbocycles. The van der Waals surface area contributed by atoms with E-state index in [4.69, 9.17) is 5.26 Å². The number of rotatable bonds is 5. The second-order valence-electron chi connectivity index (χ2n) is 6.61. The van der Waals surface area contributed by atoms with Crippen LogP contribution in [0.25, 0.3) is 0 Å². The van der Waals surface area contributed by atoms with Crippen molar-refractivity contribution in [3.05, 3.63) is 59.2 Å². The van der Waals surface area contributed by atoms with Crippen molar-refractivity contribution in [2.24, 2.45) is 0 Å². The zero-order valence-corrected chi connectivity index (χ0v) is 15.7. The van der Waals surface area contributed by atoms with Gasteiger partial charge < -0.3 is 5.32 Å². The van der Waals surface area contributed by atoms with Crippen LogP contribution in [-0.4, -0.2) is 25.8 Å². The van der Waals surface area contributed by atoms with Crippen molar-refractivity contribution in [2.45, 2.75) is 37.6 Å². The molecule has 0 radical (unpaired) electrons. The van der Waals surface area contributed by atoms with Crippen LogP contribution in [0.1, 0.15) is 36.0 Å². The van der Waals surface area contributed by atoms with Gasteiger partial charge in [-0.2, -0.15) is 9.57 Å². The van der Waals surface area contributed by atoms with Gasteiger partial charge >= 0.3 is 0 Å².